The van der Waals surface area contributed by atoms with E-state index in [0.717, 1.165) is 18.7 Å². The van der Waals surface area contributed by atoms with Crippen LogP contribution < -0.4 is 5.73 Å². The quantitative estimate of drug-likeness (QED) is 0.772. The van der Waals surface area contributed by atoms with Crippen LogP contribution in [-0.4, -0.2) is 49.6 Å². The van der Waals surface area contributed by atoms with Crippen LogP contribution in [0.2, 0.25) is 0 Å². The van der Waals surface area contributed by atoms with Crippen LogP contribution in [0.4, 0.5) is 5.69 Å². The van der Waals surface area contributed by atoms with E-state index in [4.69, 9.17) is 5.73 Å². The summed E-state index contributed by atoms with van der Waals surface area (Å²) in [7, 11) is 2.19. The van der Waals surface area contributed by atoms with Crippen LogP contribution in [0.15, 0.2) is 24.3 Å². The van der Waals surface area contributed by atoms with Gasteiger partial charge in [-0.3, -0.25) is 0 Å². The minimum atomic E-state index is 0.871. The van der Waals surface area contributed by atoms with Crippen LogP contribution in [0.5, 0.6) is 0 Å². The lowest BCUT2D eigenvalue weighted by Gasteiger charge is -2.32. The lowest BCUT2D eigenvalue weighted by Crippen LogP contribution is -2.45. The van der Waals surface area contributed by atoms with Gasteiger partial charge in [0.1, 0.15) is 0 Å². The number of hydrogen-bond donors (Lipinski definition) is 1. The maximum absolute atomic E-state index is 5.77. The molecule has 0 aromatic heterocycles. The summed E-state index contributed by atoms with van der Waals surface area (Å²) in [6.07, 6.45) is 1.11. The Kier molecular flexibility index (Phi) is 3.80. The molecule has 2 rings (SSSR count). The Morgan fingerprint density at radius 1 is 1.19 bits per heavy atom. The average Bonchev–Trinajstić information content (AvgIpc) is 2.28. The lowest BCUT2D eigenvalue weighted by molar-refractivity contribution is 0.155. The van der Waals surface area contributed by atoms with Crippen LogP contribution >= 0.6 is 0 Å². The molecule has 1 aromatic rings. The molecule has 1 saturated heterocycles. The zero-order chi connectivity index (χ0) is 11.4. The number of likely N-dealkylation sites (N-methyl/N-ethyl adjacent to an activating group) is 1. The predicted molar refractivity (Wildman–Crippen MR) is 68.5 cm³/mol. The van der Waals surface area contributed by atoms with E-state index in [-0.39, 0.29) is 0 Å². The largest absolute Gasteiger partial charge is 0.399 e. The molecule has 0 spiro atoms. The Morgan fingerprint density at radius 2 is 1.94 bits per heavy atom. The van der Waals surface area contributed by atoms with Crippen molar-refractivity contribution in [3.05, 3.63) is 29.8 Å². The van der Waals surface area contributed by atoms with Crippen molar-refractivity contribution in [2.75, 3.05) is 45.5 Å². The molecule has 3 nitrogen and oxygen atoms in total. The van der Waals surface area contributed by atoms with Crippen molar-refractivity contribution < 1.29 is 0 Å². The van der Waals surface area contributed by atoms with Crippen LogP contribution in [0.25, 0.3) is 0 Å². The molecule has 0 saturated carbocycles. The van der Waals surface area contributed by atoms with Gasteiger partial charge in [-0.05, 0) is 31.2 Å². The topological polar surface area (TPSA) is 32.5 Å². The maximum Gasteiger partial charge on any atom is 0.0316 e. The van der Waals surface area contributed by atoms with Crippen molar-refractivity contribution in [1.82, 2.24) is 9.80 Å². The monoisotopic (exact) mass is 219 g/mol. The molecule has 16 heavy (non-hydrogen) atoms. The normalized spacial score (nSPS) is 18.8. The summed E-state index contributed by atoms with van der Waals surface area (Å²) < 4.78 is 0. The summed E-state index contributed by atoms with van der Waals surface area (Å²) in [5, 5.41) is 0. The van der Waals surface area contributed by atoms with E-state index in [0.29, 0.717) is 0 Å². The van der Waals surface area contributed by atoms with Crippen LogP contribution in [0.1, 0.15) is 5.56 Å². The number of benzene rings is 1. The van der Waals surface area contributed by atoms with Crippen LogP contribution in [0.3, 0.4) is 0 Å². The van der Waals surface area contributed by atoms with Gasteiger partial charge in [-0.25, -0.2) is 0 Å². The maximum atomic E-state index is 5.77. The van der Waals surface area contributed by atoms with Gasteiger partial charge in [0, 0.05) is 38.4 Å². The lowest BCUT2D eigenvalue weighted by atomic mass is 10.1. The highest BCUT2D eigenvalue weighted by molar-refractivity contribution is 5.40. The molecule has 0 amide bonds. The van der Waals surface area contributed by atoms with Gasteiger partial charge in [0.25, 0.3) is 0 Å². The van der Waals surface area contributed by atoms with E-state index in [1.54, 1.807) is 0 Å². The molecule has 0 atom stereocenters. The number of nitrogen functional groups attached to an aromatic ring is 1. The average molecular weight is 219 g/mol. The van der Waals surface area contributed by atoms with Crippen molar-refractivity contribution >= 4 is 5.69 Å². The molecule has 1 heterocycles. The summed E-state index contributed by atoms with van der Waals surface area (Å²) >= 11 is 0. The molecule has 0 aliphatic carbocycles. The first-order chi connectivity index (χ1) is 7.74. The first kappa shape index (κ1) is 11.4. The molecule has 0 radical (unpaired) electrons. The fourth-order valence-corrected chi connectivity index (χ4v) is 2.11. The summed E-state index contributed by atoms with van der Waals surface area (Å²) in [5.74, 6) is 0. The van der Waals surface area contributed by atoms with Gasteiger partial charge in [-0.1, -0.05) is 12.1 Å². The third kappa shape index (κ3) is 3.22. The van der Waals surface area contributed by atoms with E-state index in [9.17, 15) is 0 Å². The van der Waals surface area contributed by atoms with Crippen molar-refractivity contribution in [2.45, 2.75) is 6.42 Å². The highest BCUT2D eigenvalue weighted by atomic mass is 15.2. The SMILES string of the molecule is CN1CCN(CCc2cccc(N)c2)CC1. The molecule has 1 aromatic carbocycles. The van der Waals surface area contributed by atoms with Crippen molar-refractivity contribution in [3.63, 3.8) is 0 Å². The van der Waals surface area contributed by atoms with Crippen LogP contribution in [-0.2, 0) is 6.42 Å². The standard InChI is InChI=1S/C13H21N3/c1-15-7-9-16(10-8-15)6-5-12-3-2-4-13(14)11-12/h2-4,11H,5-10,14H2,1H3. The van der Waals surface area contributed by atoms with Gasteiger partial charge in [0.2, 0.25) is 0 Å². The first-order valence-electron chi connectivity index (χ1n) is 5.99. The molecular formula is C13H21N3. The van der Waals surface area contributed by atoms with E-state index < -0.39 is 0 Å². The number of rotatable bonds is 3. The van der Waals surface area contributed by atoms with Gasteiger partial charge in [0.05, 0.1) is 0 Å². The summed E-state index contributed by atoms with van der Waals surface area (Å²) in [4.78, 5) is 4.92. The van der Waals surface area contributed by atoms with Crippen molar-refractivity contribution in [1.29, 1.82) is 0 Å². The summed E-state index contributed by atoms with van der Waals surface area (Å²) in [6, 6.07) is 8.22. The van der Waals surface area contributed by atoms with Gasteiger partial charge >= 0.3 is 0 Å². The molecule has 1 fully saturated rings. The van der Waals surface area contributed by atoms with Crippen molar-refractivity contribution in [2.24, 2.45) is 0 Å². The molecule has 0 unspecified atom stereocenters. The number of piperazine rings is 1. The number of nitrogens with zero attached hydrogens (tertiary/aromatic N) is 2. The van der Waals surface area contributed by atoms with Crippen molar-refractivity contribution in [3.8, 4) is 0 Å². The molecule has 1 aliphatic heterocycles. The van der Waals surface area contributed by atoms with Gasteiger partial charge < -0.3 is 15.5 Å². The second-order valence-electron chi connectivity index (χ2n) is 4.64. The van der Waals surface area contributed by atoms with E-state index in [1.807, 2.05) is 12.1 Å². The summed E-state index contributed by atoms with van der Waals surface area (Å²) in [6.45, 7) is 5.92. The number of anilines is 1. The molecule has 2 N–H and O–H groups in total. The molecule has 1 aliphatic rings. The minimum Gasteiger partial charge on any atom is -0.399 e. The Bertz CT molecular complexity index is 330. The molecule has 3 heteroatoms. The zero-order valence-electron chi connectivity index (χ0n) is 10.0. The Labute approximate surface area is 97.8 Å². The highest BCUT2D eigenvalue weighted by Gasteiger charge is 2.12. The zero-order valence-corrected chi connectivity index (χ0v) is 10.0. The van der Waals surface area contributed by atoms with E-state index >= 15 is 0 Å². The third-order valence-electron chi connectivity index (χ3n) is 3.26. The Balaban J connectivity index is 1.79. The fraction of sp³-hybridized carbons (Fsp3) is 0.538. The molecule has 0 bridgehead atoms. The Hall–Kier alpha value is -1.06. The second-order valence-corrected chi connectivity index (χ2v) is 4.64. The van der Waals surface area contributed by atoms with Gasteiger partial charge in [-0.15, -0.1) is 0 Å². The second kappa shape index (κ2) is 5.32. The number of hydrogen-bond acceptors (Lipinski definition) is 3. The number of nitrogens with two attached hydrogens (primary N) is 1. The first-order valence-corrected chi connectivity index (χ1v) is 5.99. The molecular weight excluding hydrogens is 198 g/mol. The van der Waals surface area contributed by atoms with E-state index in [1.165, 1.54) is 31.7 Å². The van der Waals surface area contributed by atoms with Gasteiger partial charge in [-0.2, -0.15) is 0 Å². The van der Waals surface area contributed by atoms with Gasteiger partial charge in [0.15, 0.2) is 0 Å². The third-order valence-corrected chi connectivity index (χ3v) is 3.26. The minimum absolute atomic E-state index is 0.871. The fourth-order valence-electron chi connectivity index (χ4n) is 2.11. The summed E-state index contributed by atoms with van der Waals surface area (Å²) in [5.41, 5.74) is 7.98. The Morgan fingerprint density at radius 3 is 2.62 bits per heavy atom. The predicted octanol–water partition coefficient (Wildman–Crippen LogP) is 1.06. The van der Waals surface area contributed by atoms with E-state index in [2.05, 4.69) is 29.0 Å². The molecule has 88 valence electrons. The smallest absolute Gasteiger partial charge is 0.0316 e. The highest BCUT2D eigenvalue weighted by Crippen LogP contribution is 2.08. The van der Waals surface area contributed by atoms with Crippen LogP contribution in [0, 0.1) is 0 Å².